The highest BCUT2D eigenvalue weighted by Gasteiger charge is 2.41. The van der Waals surface area contributed by atoms with E-state index in [4.69, 9.17) is 4.74 Å². The van der Waals surface area contributed by atoms with Crippen LogP contribution in [0.2, 0.25) is 0 Å². The molecule has 3 atom stereocenters. The van der Waals surface area contributed by atoms with Crippen molar-refractivity contribution in [3.8, 4) is 10.9 Å². The quantitative estimate of drug-likeness (QED) is 0.593. The molecule has 1 N–H and O–H groups in total. The number of hydrogen-bond donors (Lipinski definition) is 1. The van der Waals surface area contributed by atoms with Crippen molar-refractivity contribution in [1.29, 1.82) is 0 Å². The number of fused-ring (bicyclic) bond motifs is 3. The van der Waals surface area contributed by atoms with Gasteiger partial charge in [0.1, 0.15) is 11.6 Å². The highest BCUT2D eigenvalue weighted by Crippen LogP contribution is 2.36. The zero-order valence-electron chi connectivity index (χ0n) is 17.5. The minimum absolute atomic E-state index is 0.228. The topological polar surface area (TPSA) is 54.5 Å². The summed E-state index contributed by atoms with van der Waals surface area (Å²) in [7, 11) is 0. The third-order valence-corrected chi connectivity index (χ3v) is 7.30. The number of rotatable bonds is 6. The van der Waals surface area contributed by atoms with Gasteiger partial charge >= 0.3 is 0 Å². The number of nitrogens with one attached hydrogen (secondary N) is 1. The molecule has 2 saturated heterocycles. The first-order valence-electron chi connectivity index (χ1n) is 10.9. The van der Waals surface area contributed by atoms with E-state index in [0.717, 1.165) is 54.6 Å². The van der Waals surface area contributed by atoms with Crippen molar-refractivity contribution in [2.24, 2.45) is 0 Å². The highest BCUT2D eigenvalue weighted by atomic mass is 32.1. The van der Waals surface area contributed by atoms with Crippen molar-refractivity contribution in [3.05, 3.63) is 53.8 Å². The largest absolute Gasteiger partial charge is 0.431 e. The number of nitrogens with zero attached hydrogens (tertiary/aromatic N) is 2. The zero-order valence-corrected chi connectivity index (χ0v) is 18.3. The molecule has 3 aromatic rings. The molecule has 0 spiro atoms. The van der Waals surface area contributed by atoms with Crippen LogP contribution >= 0.6 is 11.3 Å². The standard InChI is InChI=1S/C24H26FN3O2S/c1-15(29)28-19-5-6-20(28)14-18(13-19)26-11-10-16-2-7-21(8-3-16)30-24-27-22-9-4-17(25)12-23(22)31-24/h2-4,7-9,12,18-20,26H,5-6,10-11,13-14H2,1H3/t18-,19-,20+. The van der Waals surface area contributed by atoms with Crippen molar-refractivity contribution in [3.63, 3.8) is 0 Å². The van der Waals surface area contributed by atoms with E-state index in [9.17, 15) is 9.18 Å². The highest BCUT2D eigenvalue weighted by molar-refractivity contribution is 7.20. The number of carbonyl (C=O) groups is 1. The van der Waals surface area contributed by atoms with Gasteiger partial charge < -0.3 is 15.0 Å². The third-order valence-electron chi connectivity index (χ3n) is 6.40. The molecule has 2 aromatic carbocycles. The first kappa shape index (κ1) is 20.4. The fourth-order valence-corrected chi connectivity index (χ4v) is 5.88. The van der Waals surface area contributed by atoms with Crippen molar-refractivity contribution in [1.82, 2.24) is 15.2 Å². The molecule has 2 fully saturated rings. The van der Waals surface area contributed by atoms with Crippen molar-refractivity contribution in [2.75, 3.05) is 6.54 Å². The van der Waals surface area contributed by atoms with Gasteiger partial charge in [0, 0.05) is 25.0 Å². The van der Waals surface area contributed by atoms with Gasteiger partial charge in [0.05, 0.1) is 10.2 Å². The second-order valence-corrected chi connectivity index (χ2v) is 9.51. The predicted molar refractivity (Wildman–Crippen MR) is 120 cm³/mol. The van der Waals surface area contributed by atoms with E-state index in [-0.39, 0.29) is 11.7 Å². The number of amides is 1. The van der Waals surface area contributed by atoms with Crippen LogP contribution in [-0.4, -0.2) is 40.5 Å². The van der Waals surface area contributed by atoms with Crippen LogP contribution in [0.4, 0.5) is 4.39 Å². The van der Waals surface area contributed by atoms with Gasteiger partial charge in [-0.1, -0.05) is 23.5 Å². The molecule has 5 rings (SSSR count). The lowest BCUT2D eigenvalue weighted by atomic mass is 9.97. The monoisotopic (exact) mass is 439 g/mol. The van der Waals surface area contributed by atoms with Crippen molar-refractivity contribution < 1.29 is 13.9 Å². The Morgan fingerprint density at radius 1 is 1.19 bits per heavy atom. The second kappa shape index (κ2) is 8.55. The van der Waals surface area contributed by atoms with E-state index < -0.39 is 0 Å². The molecule has 0 saturated carbocycles. The van der Waals surface area contributed by atoms with Crippen LogP contribution in [0.15, 0.2) is 42.5 Å². The van der Waals surface area contributed by atoms with Crippen LogP contribution in [0.1, 0.15) is 38.2 Å². The Morgan fingerprint density at radius 2 is 1.94 bits per heavy atom. The van der Waals surface area contributed by atoms with E-state index in [0.29, 0.717) is 23.3 Å². The minimum Gasteiger partial charge on any atom is -0.431 e. The van der Waals surface area contributed by atoms with Crippen LogP contribution in [0.25, 0.3) is 10.2 Å². The van der Waals surface area contributed by atoms with E-state index in [1.807, 2.05) is 12.1 Å². The van der Waals surface area contributed by atoms with Gasteiger partial charge in [0.15, 0.2) is 0 Å². The molecule has 5 nitrogen and oxygen atoms in total. The maximum absolute atomic E-state index is 13.3. The molecule has 1 aromatic heterocycles. The Hall–Kier alpha value is -2.51. The van der Waals surface area contributed by atoms with E-state index in [1.165, 1.54) is 29.0 Å². The second-order valence-electron chi connectivity index (χ2n) is 8.52. The number of carbonyl (C=O) groups excluding carboxylic acids is 1. The normalized spacial score (nSPS) is 22.8. The molecule has 0 radical (unpaired) electrons. The molecule has 7 heteroatoms. The number of thiazole rings is 1. The van der Waals surface area contributed by atoms with E-state index in [2.05, 4.69) is 27.3 Å². The molecule has 162 valence electrons. The lowest BCUT2D eigenvalue weighted by molar-refractivity contribution is -0.133. The van der Waals surface area contributed by atoms with Gasteiger partial charge in [-0.25, -0.2) is 9.37 Å². The number of halogens is 1. The number of hydrogen-bond acceptors (Lipinski definition) is 5. The van der Waals surface area contributed by atoms with Gasteiger partial charge in [-0.15, -0.1) is 0 Å². The molecule has 0 aliphatic carbocycles. The molecule has 2 aliphatic rings. The SMILES string of the molecule is CC(=O)N1[C@@H]2CC[C@H]1C[C@H](NCCc1ccc(Oc3nc4ccc(F)cc4s3)cc1)C2. The fraction of sp³-hybridized carbons (Fsp3) is 0.417. The van der Waals surface area contributed by atoms with Gasteiger partial charge in [-0.2, -0.15) is 0 Å². The maximum Gasteiger partial charge on any atom is 0.279 e. The summed E-state index contributed by atoms with van der Waals surface area (Å²) in [5, 5.41) is 4.21. The van der Waals surface area contributed by atoms with Gasteiger partial charge in [-0.05, 0) is 74.5 Å². The van der Waals surface area contributed by atoms with Crippen LogP contribution in [0, 0.1) is 5.82 Å². The molecule has 2 bridgehead atoms. The Bertz CT molecular complexity index is 1070. The summed E-state index contributed by atoms with van der Waals surface area (Å²) in [6.45, 7) is 2.62. The Morgan fingerprint density at radius 3 is 2.65 bits per heavy atom. The fourth-order valence-electron chi connectivity index (χ4n) is 5.02. The van der Waals surface area contributed by atoms with Crippen LogP contribution < -0.4 is 10.1 Å². The molecular weight excluding hydrogens is 413 g/mol. The number of aromatic nitrogens is 1. The molecule has 1 amide bonds. The lowest BCUT2D eigenvalue weighted by Gasteiger charge is -2.38. The Kier molecular flexibility index (Phi) is 5.63. The smallest absolute Gasteiger partial charge is 0.279 e. The number of benzene rings is 2. The third kappa shape index (κ3) is 4.43. The summed E-state index contributed by atoms with van der Waals surface area (Å²) in [4.78, 5) is 18.4. The van der Waals surface area contributed by atoms with Gasteiger partial charge in [0.2, 0.25) is 5.91 Å². The molecule has 3 heterocycles. The average molecular weight is 440 g/mol. The van der Waals surface area contributed by atoms with E-state index in [1.54, 1.807) is 13.0 Å². The van der Waals surface area contributed by atoms with Gasteiger partial charge in [0.25, 0.3) is 5.19 Å². The summed E-state index contributed by atoms with van der Waals surface area (Å²) < 4.78 is 20.0. The molecule has 31 heavy (non-hydrogen) atoms. The maximum atomic E-state index is 13.3. The summed E-state index contributed by atoms with van der Waals surface area (Å²) >= 11 is 1.34. The average Bonchev–Trinajstić information content (AvgIpc) is 3.26. The van der Waals surface area contributed by atoms with Crippen LogP contribution in [-0.2, 0) is 11.2 Å². The van der Waals surface area contributed by atoms with Crippen LogP contribution in [0.5, 0.6) is 10.9 Å². The number of ether oxygens (including phenoxy) is 1. The Balaban J connectivity index is 1.12. The molecule has 2 aliphatic heterocycles. The first-order chi connectivity index (χ1) is 15.0. The predicted octanol–water partition coefficient (Wildman–Crippen LogP) is 4.90. The lowest BCUT2D eigenvalue weighted by Crippen LogP contribution is -2.51. The summed E-state index contributed by atoms with van der Waals surface area (Å²) in [6, 6.07) is 13.9. The molecule has 0 unspecified atom stereocenters. The summed E-state index contributed by atoms with van der Waals surface area (Å²) in [5.41, 5.74) is 1.99. The summed E-state index contributed by atoms with van der Waals surface area (Å²) in [5.74, 6) is 0.688. The van der Waals surface area contributed by atoms with E-state index >= 15 is 0 Å². The van der Waals surface area contributed by atoms with Gasteiger partial charge in [-0.3, -0.25) is 4.79 Å². The number of piperidine rings is 1. The van der Waals surface area contributed by atoms with Crippen molar-refractivity contribution >= 4 is 27.5 Å². The first-order valence-corrected chi connectivity index (χ1v) is 11.7. The molecular formula is C24H26FN3O2S. The minimum atomic E-state index is -0.266. The summed E-state index contributed by atoms with van der Waals surface area (Å²) in [6.07, 6.45) is 5.37. The van der Waals surface area contributed by atoms with Crippen LogP contribution in [0.3, 0.4) is 0 Å². The zero-order chi connectivity index (χ0) is 21.4. The Labute approximate surface area is 185 Å². The van der Waals surface area contributed by atoms with Crippen molar-refractivity contribution in [2.45, 2.75) is 57.2 Å².